The van der Waals surface area contributed by atoms with E-state index in [4.69, 9.17) is 16.3 Å². The third-order valence-corrected chi connectivity index (χ3v) is 3.00. The van der Waals surface area contributed by atoms with Crippen LogP contribution in [0.25, 0.3) is 0 Å². The Bertz CT molecular complexity index is 545. The van der Waals surface area contributed by atoms with Crippen LogP contribution in [-0.2, 0) is 6.54 Å². The van der Waals surface area contributed by atoms with Gasteiger partial charge in [0.1, 0.15) is 12.2 Å². The van der Waals surface area contributed by atoms with E-state index >= 15 is 0 Å². The van der Waals surface area contributed by atoms with Gasteiger partial charge < -0.3 is 15.2 Å². The molecule has 19 heavy (non-hydrogen) atoms. The topological polar surface area (TPSA) is 83.1 Å². The number of nitrogens with one attached hydrogen (secondary N) is 2. The maximum Gasteiger partial charge on any atom is 0.162 e. The number of phenols is 1. The number of ether oxygens (including phenoxy) is 1. The fourth-order valence-electron chi connectivity index (χ4n) is 1.70. The van der Waals surface area contributed by atoms with Crippen LogP contribution in [0.1, 0.15) is 24.4 Å². The second kappa shape index (κ2) is 5.90. The molecule has 0 bridgehead atoms. The number of aromatic nitrogens is 3. The molecule has 1 aromatic carbocycles. The highest BCUT2D eigenvalue weighted by molar-refractivity contribution is 6.30. The zero-order valence-corrected chi connectivity index (χ0v) is 11.4. The second-order valence-electron chi connectivity index (χ2n) is 4.09. The molecular formula is C12H15ClN4O2. The summed E-state index contributed by atoms with van der Waals surface area (Å²) in [6.45, 7) is 2.38. The molecule has 7 heteroatoms. The van der Waals surface area contributed by atoms with Crippen molar-refractivity contribution in [3.05, 3.63) is 34.9 Å². The maximum absolute atomic E-state index is 10.00. The van der Waals surface area contributed by atoms with Gasteiger partial charge in [-0.25, -0.2) is 4.98 Å². The Kier molecular flexibility index (Phi) is 4.24. The monoisotopic (exact) mass is 282 g/mol. The number of aromatic amines is 1. The van der Waals surface area contributed by atoms with E-state index in [1.54, 1.807) is 12.1 Å². The lowest BCUT2D eigenvalue weighted by Crippen LogP contribution is -2.19. The average molecular weight is 283 g/mol. The second-order valence-corrected chi connectivity index (χ2v) is 4.53. The number of nitrogens with zero attached hydrogens (tertiary/aromatic N) is 2. The largest absolute Gasteiger partial charge is 0.504 e. The highest BCUT2D eigenvalue weighted by Gasteiger charge is 2.12. The van der Waals surface area contributed by atoms with Gasteiger partial charge in [0.2, 0.25) is 0 Å². The minimum atomic E-state index is -0.0214. The van der Waals surface area contributed by atoms with Crippen molar-refractivity contribution in [2.75, 3.05) is 7.11 Å². The molecule has 0 aliphatic carbocycles. The summed E-state index contributed by atoms with van der Waals surface area (Å²) in [6, 6.07) is 3.24. The summed E-state index contributed by atoms with van der Waals surface area (Å²) < 4.78 is 5.05. The van der Waals surface area contributed by atoms with Crippen molar-refractivity contribution in [1.29, 1.82) is 0 Å². The molecule has 6 nitrogen and oxygen atoms in total. The molecule has 0 saturated heterocycles. The Morgan fingerprint density at radius 2 is 2.32 bits per heavy atom. The molecule has 3 N–H and O–H groups in total. The van der Waals surface area contributed by atoms with Gasteiger partial charge in [-0.05, 0) is 13.0 Å². The SMILES string of the molecule is COc1cc(Cl)cc(CNC(C)c2ncn[nH]2)c1O. The smallest absolute Gasteiger partial charge is 0.162 e. The Morgan fingerprint density at radius 1 is 1.53 bits per heavy atom. The van der Waals surface area contributed by atoms with E-state index in [1.807, 2.05) is 6.92 Å². The zero-order chi connectivity index (χ0) is 13.8. The molecule has 1 aromatic heterocycles. The van der Waals surface area contributed by atoms with Crippen LogP contribution in [0.3, 0.4) is 0 Å². The lowest BCUT2D eigenvalue weighted by atomic mass is 10.1. The Hall–Kier alpha value is -1.79. The maximum atomic E-state index is 10.00. The molecule has 0 saturated carbocycles. The molecule has 0 aliphatic heterocycles. The normalized spacial score (nSPS) is 12.4. The van der Waals surface area contributed by atoms with Crippen molar-refractivity contribution in [1.82, 2.24) is 20.5 Å². The van der Waals surface area contributed by atoms with Gasteiger partial charge in [-0.1, -0.05) is 11.6 Å². The number of halogens is 1. The van der Waals surface area contributed by atoms with Gasteiger partial charge in [0.05, 0.1) is 13.2 Å². The molecule has 102 valence electrons. The standard InChI is InChI=1S/C12H15ClN4O2/c1-7(12-15-6-16-17-12)14-5-8-3-9(13)4-10(19-2)11(8)18/h3-4,6-7,14,18H,5H2,1-2H3,(H,15,16,17). The van der Waals surface area contributed by atoms with Crippen molar-refractivity contribution >= 4 is 11.6 Å². The van der Waals surface area contributed by atoms with Crippen molar-refractivity contribution in [3.8, 4) is 11.5 Å². The van der Waals surface area contributed by atoms with Crippen LogP contribution in [0.4, 0.5) is 0 Å². The molecular weight excluding hydrogens is 268 g/mol. The van der Waals surface area contributed by atoms with Crippen LogP contribution < -0.4 is 10.1 Å². The molecule has 0 fully saturated rings. The van der Waals surface area contributed by atoms with Crippen molar-refractivity contribution < 1.29 is 9.84 Å². The van der Waals surface area contributed by atoms with E-state index < -0.39 is 0 Å². The number of methoxy groups -OCH3 is 1. The number of aromatic hydroxyl groups is 1. The Balaban J connectivity index is 2.09. The van der Waals surface area contributed by atoms with Crippen molar-refractivity contribution in [3.63, 3.8) is 0 Å². The Morgan fingerprint density at radius 3 is 2.95 bits per heavy atom. The van der Waals surface area contributed by atoms with Crippen LogP contribution >= 0.6 is 11.6 Å². The lowest BCUT2D eigenvalue weighted by Gasteiger charge is -2.13. The van der Waals surface area contributed by atoms with E-state index in [-0.39, 0.29) is 11.8 Å². The quantitative estimate of drug-likeness (QED) is 0.781. The first-order valence-corrected chi connectivity index (χ1v) is 6.13. The summed E-state index contributed by atoms with van der Waals surface area (Å²) in [5.74, 6) is 1.18. The van der Waals surface area contributed by atoms with Gasteiger partial charge in [-0.2, -0.15) is 5.10 Å². The molecule has 0 spiro atoms. The lowest BCUT2D eigenvalue weighted by molar-refractivity contribution is 0.369. The number of phenolic OH excluding ortho intramolecular Hbond substituents is 1. The molecule has 0 radical (unpaired) electrons. The van der Waals surface area contributed by atoms with E-state index in [1.165, 1.54) is 13.4 Å². The first-order valence-electron chi connectivity index (χ1n) is 5.76. The average Bonchev–Trinajstić information content (AvgIpc) is 2.93. The predicted molar refractivity (Wildman–Crippen MR) is 71.3 cm³/mol. The molecule has 1 heterocycles. The van der Waals surface area contributed by atoms with E-state index in [9.17, 15) is 5.11 Å². The van der Waals surface area contributed by atoms with Gasteiger partial charge in [0.15, 0.2) is 11.5 Å². The van der Waals surface area contributed by atoms with Crippen LogP contribution in [0.2, 0.25) is 5.02 Å². The minimum absolute atomic E-state index is 0.0214. The van der Waals surface area contributed by atoms with Gasteiger partial charge >= 0.3 is 0 Å². The van der Waals surface area contributed by atoms with E-state index in [0.29, 0.717) is 22.9 Å². The first-order chi connectivity index (χ1) is 9.11. The number of rotatable bonds is 5. The van der Waals surface area contributed by atoms with Gasteiger partial charge in [-0.3, -0.25) is 5.10 Å². The summed E-state index contributed by atoms with van der Waals surface area (Å²) in [5.41, 5.74) is 0.663. The zero-order valence-electron chi connectivity index (χ0n) is 10.6. The predicted octanol–water partition coefficient (Wildman–Crippen LogP) is 2.02. The highest BCUT2D eigenvalue weighted by atomic mass is 35.5. The summed E-state index contributed by atoms with van der Waals surface area (Å²) >= 11 is 5.97. The van der Waals surface area contributed by atoms with Crippen LogP contribution in [0.15, 0.2) is 18.5 Å². The summed E-state index contributed by atoms with van der Waals surface area (Å²) in [7, 11) is 1.49. The van der Waals surface area contributed by atoms with Crippen LogP contribution in [0.5, 0.6) is 11.5 Å². The third kappa shape index (κ3) is 3.15. The molecule has 1 atom stereocenters. The minimum Gasteiger partial charge on any atom is -0.504 e. The Labute approximate surface area is 115 Å². The summed E-state index contributed by atoms with van der Waals surface area (Å²) in [4.78, 5) is 4.06. The van der Waals surface area contributed by atoms with Crippen LogP contribution in [0, 0.1) is 0 Å². The van der Waals surface area contributed by atoms with Gasteiger partial charge in [-0.15, -0.1) is 0 Å². The number of H-pyrrole nitrogens is 1. The molecule has 0 amide bonds. The van der Waals surface area contributed by atoms with E-state index in [2.05, 4.69) is 20.5 Å². The van der Waals surface area contributed by atoms with Crippen molar-refractivity contribution in [2.45, 2.75) is 19.5 Å². The molecule has 2 aromatic rings. The van der Waals surface area contributed by atoms with E-state index in [0.717, 1.165) is 5.82 Å². The fraction of sp³-hybridized carbons (Fsp3) is 0.333. The van der Waals surface area contributed by atoms with Gasteiger partial charge in [0, 0.05) is 23.2 Å². The van der Waals surface area contributed by atoms with Gasteiger partial charge in [0.25, 0.3) is 0 Å². The third-order valence-electron chi connectivity index (χ3n) is 2.78. The molecule has 0 aliphatic rings. The number of hydrogen-bond donors (Lipinski definition) is 3. The fourth-order valence-corrected chi connectivity index (χ4v) is 1.93. The number of benzene rings is 1. The molecule has 2 rings (SSSR count). The summed E-state index contributed by atoms with van der Waals surface area (Å²) in [5, 5.41) is 20.3. The molecule has 1 unspecified atom stereocenters. The number of hydrogen-bond acceptors (Lipinski definition) is 5. The summed E-state index contributed by atoms with van der Waals surface area (Å²) in [6.07, 6.45) is 1.45. The van der Waals surface area contributed by atoms with Crippen molar-refractivity contribution in [2.24, 2.45) is 0 Å². The first kappa shape index (κ1) is 13.6. The van der Waals surface area contributed by atoms with Crippen LogP contribution in [-0.4, -0.2) is 27.4 Å². The highest BCUT2D eigenvalue weighted by Crippen LogP contribution is 2.33.